The third kappa shape index (κ3) is 3.05. The number of piperidine rings is 1. The van der Waals surface area contributed by atoms with Crippen LogP contribution in [0.15, 0.2) is 33.5 Å². The average molecular weight is 333 g/mol. The van der Waals surface area contributed by atoms with Gasteiger partial charge >= 0.3 is 5.63 Å². The molecule has 3 heterocycles. The van der Waals surface area contributed by atoms with Crippen molar-refractivity contribution in [1.29, 1.82) is 5.26 Å². The second-order valence-electron chi connectivity index (χ2n) is 6.11. The van der Waals surface area contributed by atoms with Gasteiger partial charge in [0, 0.05) is 23.5 Å². The summed E-state index contributed by atoms with van der Waals surface area (Å²) in [6.07, 6.45) is 4.71. The molecule has 2 atom stereocenters. The minimum atomic E-state index is -0.605. The Bertz CT molecular complexity index is 815. The number of ether oxygens (including phenoxy) is 1. The molecule has 0 saturated carbocycles. The van der Waals surface area contributed by atoms with Crippen LogP contribution in [-0.2, 0) is 0 Å². The second-order valence-corrected chi connectivity index (χ2v) is 6.11. The molecule has 6 heteroatoms. The van der Waals surface area contributed by atoms with Gasteiger partial charge in [0.05, 0.1) is 0 Å². The van der Waals surface area contributed by atoms with Gasteiger partial charge in [-0.2, -0.15) is 5.26 Å². The van der Waals surface area contributed by atoms with Crippen molar-refractivity contribution in [3.05, 3.63) is 40.2 Å². The Labute approximate surface area is 139 Å². The summed E-state index contributed by atoms with van der Waals surface area (Å²) in [7, 11) is 0. The molecule has 1 aromatic carbocycles. The molecular formula is C17H17ClN2O3. The monoisotopic (exact) mass is 332 g/mol. The minimum Gasteiger partial charge on any atom is -0.490 e. The molecule has 1 N–H and O–H groups in total. The summed E-state index contributed by atoms with van der Waals surface area (Å²) in [6.45, 7) is 0. The zero-order valence-corrected chi connectivity index (χ0v) is 13.3. The van der Waals surface area contributed by atoms with Gasteiger partial charge in [0.2, 0.25) is 0 Å². The van der Waals surface area contributed by atoms with E-state index < -0.39 is 5.63 Å². The van der Waals surface area contributed by atoms with Gasteiger partial charge in [-0.25, -0.2) is 4.79 Å². The van der Waals surface area contributed by atoms with Gasteiger partial charge < -0.3 is 14.5 Å². The lowest BCUT2D eigenvalue weighted by molar-refractivity contribution is 0.137. The van der Waals surface area contributed by atoms with Gasteiger partial charge in [-0.1, -0.05) is 0 Å². The minimum absolute atomic E-state index is 0. The smallest absolute Gasteiger partial charge is 0.354 e. The van der Waals surface area contributed by atoms with Crippen LogP contribution in [0.2, 0.25) is 0 Å². The quantitative estimate of drug-likeness (QED) is 0.856. The molecule has 2 saturated heterocycles. The number of nitrogens with one attached hydrogen (secondary N) is 1. The molecule has 1 aromatic heterocycles. The molecule has 2 fully saturated rings. The Morgan fingerprint density at radius 2 is 1.96 bits per heavy atom. The highest BCUT2D eigenvalue weighted by atomic mass is 35.5. The van der Waals surface area contributed by atoms with Crippen molar-refractivity contribution in [1.82, 2.24) is 5.32 Å². The highest BCUT2D eigenvalue weighted by molar-refractivity contribution is 5.85. The Balaban J connectivity index is 0.00000156. The van der Waals surface area contributed by atoms with Crippen LogP contribution >= 0.6 is 12.4 Å². The number of hydrogen-bond acceptors (Lipinski definition) is 5. The van der Waals surface area contributed by atoms with Crippen molar-refractivity contribution in [2.45, 2.75) is 43.9 Å². The molecule has 2 unspecified atom stereocenters. The summed E-state index contributed by atoms with van der Waals surface area (Å²) >= 11 is 0. The first-order valence-corrected chi connectivity index (χ1v) is 7.62. The number of benzene rings is 1. The number of fused-ring (bicyclic) bond motifs is 3. The van der Waals surface area contributed by atoms with E-state index in [2.05, 4.69) is 5.32 Å². The van der Waals surface area contributed by atoms with Crippen LogP contribution in [0.25, 0.3) is 11.0 Å². The van der Waals surface area contributed by atoms with Crippen molar-refractivity contribution in [3.63, 3.8) is 0 Å². The zero-order chi connectivity index (χ0) is 15.1. The molecule has 23 heavy (non-hydrogen) atoms. The SMILES string of the molecule is Cl.N#Cc1cc2ccc(OC3CC4CCC(C3)N4)cc2oc1=O. The third-order valence-corrected chi connectivity index (χ3v) is 4.56. The number of nitrogens with zero attached hydrogens (tertiary/aromatic N) is 1. The molecule has 120 valence electrons. The molecule has 2 aliphatic heterocycles. The van der Waals surface area contributed by atoms with Crippen molar-refractivity contribution in [2.24, 2.45) is 0 Å². The Morgan fingerprint density at radius 3 is 2.65 bits per heavy atom. The molecule has 2 aliphatic rings. The van der Waals surface area contributed by atoms with Gasteiger partial charge in [0.15, 0.2) is 0 Å². The van der Waals surface area contributed by atoms with E-state index in [9.17, 15) is 4.79 Å². The highest BCUT2D eigenvalue weighted by Gasteiger charge is 2.34. The highest BCUT2D eigenvalue weighted by Crippen LogP contribution is 2.30. The summed E-state index contributed by atoms with van der Waals surface area (Å²) in [5.41, 5.74) is -0.124. The molecule has 2 bridgehead atoms. The average Bonchev–Trinajstić information content (AvgIpc) is 2.85. The Morgan fingerprint density at radius 1 is 1.22 bits per heavy atom. The van der Waals surface area contributed by atoms with Crippen LogP contribution in [0.1, 0.15) is 31.2 Å². The fourth-order valence-electron chi connectivity index (χ4n) is 3.54. The lowest BCUT2D eigenvalue weighted by atomic mass is 10.0. The number of halogens is 1. The summed E-state index contributed by atoms with van der Waals surface area (Å²) in [5, 5.41) is 13.2. The van der Waals surface area contributed by atoms with Crippen LogP contribution in [0.3, 0.4) is 0 Å². The Hall–Kier alpha value is -2.03. The zero-order valence-electron chi connectivity index (χ0n) is 12.5. The summed E-state index contributed by atoms with van der Waals surface area (Å²) in [5.74, 6) is 0.714. The van der Waals surface area contributed by atoms with Crippen molar-refractivity contribution >= 4 is 23.4 Å². The van der Waals surface area contributed by atoms with Crippen molar-refractivity contribution in [3.8, 4) is 11.8 Å². The third-order valence-electron chi connectivity index (χ3n) is 4.56. The Kier molecular flexibility index (Phi) is 4.29. The van der Waals surface area contributed by atoms with E-state index in [0.717, 1.165) is 18.2 Å². The molecule has 0 aliphatic carbocycles. The second kappa shape index (κ2) is 6.23. The first kappa shape index (κ1) is 15.9. The van der Waals surface area contributed by atoms with Crippen LogP contribution in [0, 0.1) is 11.3 Å². The molecule has 5 nitrogen and oxygen atoms in total. The standard InChI is InChI=1S/C17H16N2O3.ClH/c18-9-11-5-10-1-4-14(8-16(10)22-17(11)20)21-15-6-12-2-3-13(7-15)19-12;/h1,4-5,8,12-13,15,19H,2-3,6-7H2;1H. The summed E-state index contributed by atoms with van der Waals surface area (Å²) < 4.78 is 11.3. The van der Waals surface area contributed by atoms with Crippen LogP contribution in [-0.4, -0.2) is 18.2 Å². The van der Waals surface area contributed by atoms with Crippen LogP contribution in [0.4, 0.5) is 0 Å². The molecular weight excluding hydrogens is 316 g/mol. The van der Waals surface area contributed by atoms with E-state index in [1.165, 1.54) is 12.8 Å². The summed E-state index contributed by atoms with van der Waals surface area (Å²) in [6, 6.07) is 9.96. The number of rotatable bonds is 2. The van der Waals surface area contributed by atoms with Crippen LogP contribution in [0.5, 0.6) is 5.75 Å². The maximum atomic E-state index is 11.6. The molecule has 0 amide bonds. The van der Waals surface area contributed by atoms with Crippen molar-refractivity contribution in [2.75, 3.05) is 0 Å². The van der Waals surface area contributed by atoms with Gasteiger partial charge in [0.25, 0.3) is 0 Å². The van der Waals surface area contributed by atoms with E-state index >= 15 is 0 Å². The van der Waals surface area contributed by atoms with E-state index in [-0.39, 0.29) is 24.1 Å². The topological polar surface area (TPSA) is 75.3 Å². The van der Waals surface area contributed by atoms with E-state index in [1.807, 2.05) is 18.2 Å². The van der Waals surface area contributed by atoms with Crippen LogP contribution < -0.4 is 15.7 Å². The lowest BCUT2D eigenvalue weighted by Crippen LogP contribution is -2.42. The fraction of sp³-hybridized carbons (Fsp3) is 0.412. The first-order valence-electron chi connectivity index (χ1n) is 7.62. The first-order chi connectivity index (χ1) is 10.7. The fourth-order valence-corrected chi connectivity index (χ4v) is 3.54. The maximum absolute atomic E-state index is 11.6. The predicted octanol–water partition coefficient (Wildman–Crippen LogP) is 2.75. The van der Waals surface area contributed by atoms with E-state index in [0.29, 0.717) is 23.4 Å². The largest absolute Gasteiger partial charge is 0.490 e. The van der Waals surface area contributed by atoms with Gasteiger partial charge in [-0.15, -0.1) is 12.4 Å². The van der Waals surface area contributed by atoms with Gasteiger partial charge in [0.1, 0.15) is 29.1 Å². The summed E-state index contributed by atoms with van der Waals surface area (Å²) in [4.78, 5) is 11.6. The molecule has 0 spiro atoms. The van der Waals surface area contributed by atoms with Gasteiger partial charge in [-0.05, 0) is 43.9 Å². The van der Waals surface area contributed by atoms with Crippen molar-refractivity contribution < 1.29 is 9.15 Å². The molecule has 4 rings (SSSR count). The van der Waals surface area contributed by atoms with Gasteiger partial charge in [-0.3, -0.25) is 0 Å². The number of nitriles is 1. The van der Waals surface area contributed by atoms with E-state index in [1.54, 1.807) is 12.1 Å². The maximum Gasteiger partial charge on any atom is 0.354 e. The number of hydrogen-bond donors (Lipinski definition) is 1. The lowest BCUT2D eigenvalue weighted by Gasteiger charge is -2.29. The predicted molar refractivity (Wildman–Crippen MR) is 88.0 cm³/mol. The normalized spacial score (nSPS) is 25.6. The van der Waals surface area contributed by atoms with E-state index in [4.69, 9.17) is 14.4 Å². The molecule has 2 aromatic rings. The molecule has 0 radical (unpaired) electrons.